The van der Waals surface area contributed by atoms with Crippen LogP contribution in [0.3, 0.4) is 0 Å². The van der Waals surface area contributed by atoms with Gasteiger partial charge in [-0.05, 0) is 24.2 Å². The van der Waals surface area contributed by atoms with E-state index in [-0.39, 0.29) is 17.4 Å². The van der Waals surface area contributed by atoms with Crippen molar-refractivity contribution in [1.82, 2.24) is 15.1 Å². The third-order valence-electron chi connectivity index (χ3n) is 3.92. The van der Waals surface area contributed by atoms with Gasteiger partial charge in [0, 0.05) is 23.2 Å². The van der Waals surface area contributed by atoms with Crippen LogP contribution in [0, 0.1) is 13.8 Å². The Bertz CT molecular complexity index is 1170. The van der Waals surface area contributed by atoms with Gasteiger partial charge in [-0.3, -0.25) is 0 Å². The number of hydrogen-bond acceptors (Lipinski definition) is 6. The van der Waals surface area contributed by atoms with E-state index in [1.54, 1.807) is 13.0 Å². The fraction of sp³-hybridized carbons (Fsp3) is 0.118. The van der Waals surface area contributed by atoms with E-state index >= 15 is 0 Å². The number of H-pyrrole nitrogens is 2. The van der Waals surface area contributed by atoms with Crippen molar-refractivity contribution < 1.29 is 19.1 Å². The number of aromatic nitrogens is 4. The van der Waals surface area contributed by atoms with E-state index in [1.165, 1.54) is 0 Å². The van der Waals surface area contributed by atoms with Crippen molar-refractivity contribution in [1.29, 1.82) is 0 Å². The molecule has 0 bridgehead atoms. The zero-order valence-corrected chi connectivity index (χ0v) is 14.0. The quantitative estimate of drug-likeness (QED) is 0.249. The van der Waals surface area contributed by atoms with Crippen LogP contribution < -0.4 is 10.7 Å². The molecule has 0 saturated heterocycles. The summed E-state index contributed by atoms with van der Waals surface area (Å²) in [5.74, 6) is -0.207. The second kappa shape index (κ2) is 5.96. The zero-order chi connectivity index (χ0) is 18.3. The topological polar surface area (TPSA) is 134 Å². The van der Waals surface area contributed by atoms with Crippen LogP contribution in [-0.2, 0) is 4.84 Å². The largest absolute Gasteiger partial charge is 0.416 e. The molecule has 4 aromatic rings. The minimum absolute atomic E-state index is 0.111. The number of carbonyl (C=O) groups is 1. The Balaban J connectivity index is 1.67. The van der Waals surface area contributed by atoms with Gasteiger partial charge in [-0.25, -0.2) is 19.3 Å². The predicted molar refractivity (Wildman–Crippen MR) is 92.3 cm³/mol. The third-order valence-corrected chi connectivity index (χ3v) is 3.92. The number of nitrogens with two attached hydrogens (primary N) is 1. The number of nitrogens with one attached hydrogen (secondary N) is 2. The third kappa shape index (κ3) is 2.65. The molecule has 0 atom stereocenters. The smallest absolute Gasteiger partial charge is 0.374 e. The number of benzene rings is 1. The molecule has 4 rings (SSSR count). The first-order chi connectivity index (χ1) is 12.5. The van der Waals surface area contributed by atoms with E-state index in [1.807, 2.05) is 31.2 Å². The van der Waals surface area contributed by atoms with E-state index in [0.717, 1.165) is 21.8 Å². The molecule has 9 nitrogen and oxygen atoms in total. The van der Waals surface area contributed by atoms with Crippen LogP contribution in [-0.4, -0.2) is 26.9 Å². The number of aromatic amines is 2. The Labute approximate surface area is 146 Å². The average molecular weight is 351 g/mol. The van der Waals surface area contributed by atoms with Crippen molar-refractivity contribution in [3.05, 3.63) is 53.4 Å². The summed E-state index contributed by atoms with van der Waals surface area (Å²) in [6.45, 7) is 3.48. The lowest BCUT2D eigenvalue weighted by Gasteiger charge is -2.01. The number of aryl methyl sites for hydroxylation is 2. The number of nitrogens with zero attached hydrogens (tertiary/aromatic N) is 3. The molecule has 0 fully saturated rings. The van der Waals surface area contributed by atoms with Gasteiger partial charge in [-0.15, -0.1) is 0 Å². The molecule has 26 heavy (non-hydrogen) atoms. The van der Waals surface area contributed by atoms with Crippen LogP contribution in [0.4, 0.5) is 0 Å². The van der Waals surface area contributed by atoms with Crippen molar-refractivity contribution in [3.63, 3.8) is 0 Å². The maximum atomic E-state index is 12.3. The van der Waals surface area contributed by atoms with E-state index < -0.39 is 5.97 Å². The van der Waals surface area contributed by atoms with Crippen LogP contribution in [0.1, 0.15) is 27.9 Å². The summed E-state index contributed by atoms with van der Waals surface area (Å²) in [5, 5.41) is 9.12. The van der Waals surface area contributed by atoms with Gasteiger partial charge in [-0.2, -0.15) is 0 Å². The molecule has 0 aliphatic carbocycles. The molecule has 9 heteroatoms. The number of carbonyl (C=O) groups excluding carboxylic acids is 1. The van der Waals surface area contributed by atoms with Gasteiger partial charge in [0.15, 0.2) is 10.9 Å². The molecule has 1 aromatic carbocycles. The molecule has 4 N–H and O–H groups in total. The fourth-order valence-corrected chi connectivity index (χ4v) is 2.73. The number of amidine groups is 1. The minimum atomic E-state index is -0.719. The molecule has 0 unspecified atom stereocenters. The summed E-state index contributed by atoms with van der Waals surface area (Å²) in [7, 11) is 0. The van der Waals surface area contributed by atoms with E-state index in [4.69, 9.17) is 15.1 Å². The van der Waals surface area contributed by atoms with Gasteiger partial charge in [-0.1, -0.05) is 18.2 Å². The first-order valence-electron chi connectivity index (χ1n) is 7.82. The van der Waals surface area contributed by atoms with Crippen LogP contribution in [0.2, 0.25) is 0 Å². The molecule has 0 aliphatic rings. The zero-order valence-electron chi connectivity index (χ0n) is 14.0. The molecule has 3 heterocycles. The van der Waals surface area contributed by atoms with Crippen molar-refractivity contribution in [2.24, 2.45) is 10.9 Å². The summed E-state index contributed by atoms with van der Waals surface area (Å²) in [6.07, 6.45) is 0. The summed E-state index contributed by atoms with van der Waals surface area (Å²) >= 11 is 0. The molecular weight excluding hydrogens is 336 g/mol. The monoisotopic (exact) mass is 351 g/mol. The Kier molecular flexibility index (Phi) is 3.61. The summed E-state index contributed by atoms with van der Waals surface area (Å²) < 4.78 is 4.85. The molecular formula is C17H15N6O3+. The number of oxime groups is 1. The van der Waals surface area contributed by atoms with Gasteiger partial charge in [0.2, 0.25) is 0 Å². The lowest BCUT2D eigenvalue weighted by molar-refractivity contribution is -0.397. The molecule has 0 amide bonds. The van der Waals surface area contributed by atoms with Gasteiger partial charge >= 0.3 is 17.7 Å². The van der Waals surface area contributed by atoms with Gasteiger partial charge < -0.3 is 15.6 Å². The predicted octanol–water partition coefficient (Wildman–Crippen LogP) is 1.61. The van der Waals surface area contributed by atoms with Crippen molar-refractivity contribution in [2.45, 2.75) is 13.8 Å². The molecule has 0 spiro atoms. The first kappa shape index (κ1) is 15.8. The number of para-hydroxylation sites is 1. The fourth-order valence-electron chi connectivity index (χ4n) is 2.73. The molecule has 0 aliphatic heterocycles. The second-order valence-corrected chi connectivity index (χ2v) is 5.75. The summed E-state index contributed by atoms with van der Waals surface area (Å²) in [5.41, 5.74) is 8.37. The molecule has 0 radical (unpaired) electrons. The van der Waals surface area contributed by atoms with Crippen molar-refractivity contribution in [2.75, 3.05) is 0 Å². The van der Waals surface area contributed by atoms with Gasteiger partial charge in [0.25, 0.3) is 5.84 Å². The van der Waals surface area contributed by atoms with Gasteiger partial charge in [0.05, 0.1) is 11.2 Å². The normalized spacial score (nSPS) is 12.0. The summed E-state index contributed by atoms with van der Waals surface area (Å²) in [6, 6.07) is 9.48. The van der Waals surface area contributed by atoms with Gasteiger partial charge in [0.1, 0.15) is 0 Å². The maximum absolute atomic E-state index is 12.3. The van der Waals surface area contributed by atoms with Crippen LogP contribution in [0.15, 0.2) is 40.0 Å². The number of fused-ring (bicyclic) bond motifs is 3. The van der Waals surface area contributed by atoms with E-state index in [9.17, 15) is 4.79 Å². The number of hydrogen-bond donors (Lipinski definition) is 2. The Morgan fingerprint density at radius 1 is 1.31 bits per heavy atom. The Morgan fingerprint density at radius 3 is 2.88 bits per heavy atom. The van der Waals surface area contributed by atoms with E-state index in [0.29, 0.717) is 11.6 Å². The SMILES string of the molecule is Cc1[nH+]c(C(N)=NOC(=O)c2cc3c([nH]c4ccccc43)c(C)n2)no1. The van der Waals surface area contributed by atoms with Crippen LogP contribution in [0.25, 0.3) is 21.8 Å². The minimum Gasteiger partial charge on any atom is -0.374 e. The Hall–Kier alpha value is -3.75. The highest BCUT2D eigenvalue weighted by atomic mass is 16.7. The van der Waals surface area contributed by atoms with Crippen molar-refractivity contribution in [3.8, 4) is 0 Å². The lowest BCUT2D eigenvalue weighted by Crippen LogP contribution is -2.24. The second-order valence-electron chi connectivity index (χ2n) is 5.75. The number of pyridine rings is 1. The summed E-state index contributed by atoms with van der Waals surface area (Å²) in [4.78, 5) is 27.6. The van der Waals surface area contributed by atoms with Crippen LogP contribution in [0.5, 0.6) is 0 Å². The molecule has 0 saturated carbocycles. The first-order valence-corrected chi connectivity index (χ1v) is 7.82. The van der Waals surface area contributed by atoms with Crippen molar-refractivity contribution >= 4 is 33.6 Å². The average Bonchev–Trinajstić information content (AvgIpc) is 3.23. The Morgan fingerprint density at radius 2 is 2.12 bits per heavy atom. The number of rotatable bonds is 3. The highest BCUT2D eigenvalue weighted by molar-refractivity contribution is 6.09. The van der Waals surface area contributed by atoms with E-state index in [2.05, 4.69) is 25.3 Å². The molecule has 3 aromatic heterocycles. The highest BCUT2D eigenvalue weighted by Gasteiger charge is 2.19. The lowest BCUT2D eigenvalue weighted by atomic mass is 10.1. The highest BCUT2D eigenvalue weighted by Crippen LogP contribution is 2.27. The maximum Gasteiger partial charge on any atom is 0.416 e. The molecule has 130 valence electrons. The standard InChI is InChI=1S/C17H14N6O3/c1-8-14-11(10-5-3-4-6-12(10)21-14)7-13(19-8)17(24)26-22-15(18)16-20-9(2)25-23-16/h3-7,21H,1-2H3,(H2,18,22)/p+1. The van der Waals surface area contributed by atoms with Crippen LogP contribution >= 0.6 is 0 Å².